The minimum absolute atomic E-state index is 0.136. The van der Waals surface area contributed by atoms with E-state index >= 15 is 0 Å². The van der Waals surface area contributed by atoms with Gasteiger partial charge in [-0.2, -0.15) is 0 Å². The van der Waals surface area contributed by atoms with Crippen molar-refractivity contribution >= 4 is 28.9 Å². The van der Waals surface area contributed by atoms with Crippen LogP contribution in [0.3, 0.4) is 0 Å². The van der Waals surface area contributed by atoms with Crippen molar-refractivity contribution in [3.05, 3.63) is 63.3 Å². The number of fused-ring (bicyclic) bond motifs is 2. The summed E-state index contributed by atoms with van der Waals surface area (Å²) in [5.41, 5.74) is 3.92. The second-order valence-corrected chi connectivity index (χ2v) is 8.19. The van der Waals surface area contributed by atoms with Crippen molar-refractivity contribution in [3.63, 3.8) is 0 Å². The highest BCUT2D eigenvalue weighted by Crippen LogP contribution is 2.50. The number of amides is 1. The van der Waals surface area contributed by atoms with Crippen LogP contribution in [0.1, 0.15) is 38.0 Å². The standard InChI is InChI=1S/C22H17NO5S/c1-11-2-4-12(5-3-11)18-19-20(29-21(18)22(25)26)14(9-17(24)23-19)13-6-7-15-16(8-13)28-10-27-15/h2-8,14H,9-10H2,1H3,(H,23,24)(H,25,26)/t14-/m1/s1. The SMILES string of the molecule is Cc1ccc(-c2c(C(=O)O)sc3c2NC(=O)C[C@@H]3c2ccc3c(c2)OCO3)cc1. The minimum Gasteiger partial charge on any atom is -0.477 e. The lowest BCUT2D eigenvalue weighted by atomic mass is 9.88. The summed E-state index contributed by atoms with van der Waals surface area (Å²) >= 11 is 1.22. The van der Waals surface area contributed by atoms with Crippen LogP contribution in [0.5, 0.6) is 11.5 Å². The first-order valence-electron chi connectivity index (χ1n) is 9.17. The monoisotopic (exact) mass is 407 g/mol. The van der Waals surface area contributed by atoms with Crippen LogP contribution in [-0.4, -0.2) is 23.8 Å². The van der Waals surface area contributed by atoms with Crippen LogP contribution < -0.4 is 14.8 Å². The van der Waals surface area contributed by atoms with E-state index in [1.54, 1.807) is 0 Å². The van der Waals surface area contributed by atoms with Crippen molar-refractivity contribution < 1.29 is 24.2 Å². The Hall–Kier alpha value is -3.32. The van der Waals surface area contributed by atoms with Gasteiger partial charge in [-0.25, -0.2) is 4.79 Å². The van der Waals surface area contributed by atoms with Gasteiger partial charge in [0.05, 0.1) is 5.69 Å². The zero-order chi connectivity index (χ0) is 20.1. The predicted molar refractivity (Wildman–Crippen MR) is 109 cm³/mol. The molecule has 0 saturated heterocycles. The third-order valence-corrected chi connectivity index (χ3v) is 6.53. The summed E-state index contributed by atoms with van der Waals surface area (Å²) in [6.07, 6.45) is 0.250. The zero-order valence-electron chi connectivity index (χ0n) is 15.5. The van der Waals surface area contributed by atoms with Crippen molar-refractivity contribution in [3.8, 4) is 22.6 Å². The van der Waals surface area contributed by atoms with E-state index in [1.165, 1.54) is 11.3 Å². The van der Waals surface area contributed by atoms with Gasteiger partial charge in [0.15, 0.2) is 11.5 Å². The van der Waals surface area contributed by atoms with Gasteiger partial charge in [-0.15, -0.1) is 11.3 Å². The predicted octanol–water partition coefficient (Wildman–Crippen LogP) is 4.62. The number of carbonyl (C=O) groups is 2. The molecule has 146 valence electrons. The number of anilines is 1. The minimum atomic E-state index is -1.00. The lowest BCUT2D eigenvalue weighted by Crippen LogP contribution is -2.22. The summed E-state index contributed by atoms with van der Waals surface area (Å²) in [6.45, 7) is 2.15. The molecule has 0 aliphatic carbocycles. The van der Waals surface area contributed by atoms with Crippen molar-refractivity contribution in [1.82, 2.24) is 0 Å². The summed E-state index contributed by atoms with van der Waals surface area (Å²) in [5.74, 6) is -0.0618. The molecule has 2 aliphatic heterocycles. The van der Waals surface area contributed by atoms with E-state index in [9.17, 15) is 14.7 Å². The third-order valence-electron chi connectivity index (χ3n) is 5.24. The fourth-order valence-electron chi connectivity index (χ4n) is 3.83. The lowest BCUT2D eigenvalue weighted by molar-refractivity contribution is -0.116. The molecule has 0 spiro atoms. The van der Waals surface area contributed by atoms with Crippen molar-refractivity contribution in [2.24, 2.45) is 0 Å². The summed E-state index contributed by atoms with van der Waals surface area (Å²) in [6, 6.07) is 13.3. The number of aromatic carboxylic acids is 1. The normalized spacial score (nSPS) is 17.0. The molecule has 3 aromatic rings. The number of thiophene rings is 1. The van der Waals surface area contributed by atoms with Gasteiger partial charge in [0.1, 0.15) is 4.88 Å². The van der Waals surface area contributed by atoms with Gasteiger partial charge in [0.2, 0.25) is 12.7 Å². The van der Waals surface area contributed by atoms with Gasteiger partial charge in [0, 0.05) is 22.8 Å². The molecule has 0 fully saturated rings. The fraction of sp³-hybridized carbons (Fsp3) is 0.182. The molecule has 2 N–H and O–H groups in total. The quantitative estimate of drug-likeness (QED) is 0.662. The Balaban J connectivity index is 1.68. The van der Waals surface area contributed by atoms with Gasteiger partial charge < -0.3 is 19.9 Å². The molecule has 2 aliphatic rings. The van der Waals surface area contributed by atoms with Gasteiger partial charge in [0.25, 0.3) is 0 Å². The summed E-state index contributed by atoms with van der Waals surface area (Å²) in [5, 5.41) is 12.8. The van der Waals surface area contributed by atoms with Crippen molar-refractivity contribution in [2.75, 3.05) is 12.1 Å². The molecule has 3 heterocycles. The number of aryl methyl sites for hydroxylation is 1. The lowest BCUT2D eigenvalue weighted by Gasteiger charge is -2.24. The largest absolute Gasteiger partial charge is 0.477 e. The third kappa shape index (κ3) is 2.94. The molecule has 1 atom stereocenters. The van der Waals surface area contributed by atoms with E-state index in [0.717, 1.165) is 21.6 Å². The summed E-state index contributed by atoms with van der Waals surface area (Å²) in [4.78, 5) is 25.6. The first kappa shape index (κ1) is 17.8. The van der Waals surface area contributed by atoms with E-state index < -0.39 is 5.97 Å². The number of hydrogen-bond donors (Lipinski definition) is 2. The van der Waals surface area contributed by atoms with E-state index in [1.807, 2.05) is 49.4 Å². The van der Waals surface area contributed by atoms with E-state index in [0.29, 0.717) is 22.7 Å². The Labute approximate surface area is 170 Å². The number of hydrogen-bond acceptors (Lipinski definition) is 5. The molecular weight excluding hydrogens is 390 g/mol. The molecule has 7 heteroatoms. The maximum absolute atomic E-state index is 12.6. The summed E-state index contributed by atoms with van der Waals surface area (Å²) in [7, 11) is 0. The van der Waals surface area contributed by atoms with Gasteiger partial charge in [-0.05, 0) is 30.2 Å². The van der Waals surface area contributed by atoms with Crippen LogP contribution in [0.25, 0.3) is 11.1 Å². The van der Waals surface area contributed by atoms with Crippen molar-refractivity contribution in [2.45, 2.75) is 19.3 Å². The zero-order valence-corrected chi connectivity index (χ0v) is 16.3. The Morgan fingerprint density at radius 1 is 1.14 bits per heavy atom. The highest BCUT2D eigenvalue weighted by molar-refractivity contribution is 7.15. The first-order chi connectivity index (χ1) is 14.0. The van der Waals surface area contributed by atoms with Crippen LogP contribution in [0.2, 0.25) is 0 Å². The number of carbonyl (C=O) groups excluding carboxylic acids is 1. The summed E-state index contributed by atoms with van der Waals surface area (Å²) < 4.78 is 10.9. The highest BCUT2D eigenvalue weighted by atomic mass is 32.1. The maximum Gasteiger partial charge on any atom is 0.346 e. The Kier molecular flexibility index (Phi) is 4.06. The number of rotatable bonds is 3. The molecule has 6 nitrogen and oxygen atoms in total. The average Bonchev–Trinajstić information content (AvgIpc) is 3.32. The van der Waals surface area contributed by atoms with E-state index in [2.05, 4.69) is 5.32 Å². The number of ether oxygens (including phenoxy) is 2. The first-order valence-corrected chi connectivity index (χ1v) is 9.99. The van der Waals surface area contributed by atoms with Crippen LogP contribution in [-0.2, 0) is 4.79 Å². The Morgan fingerprint density at radius 3 is 2.66 bits per heavy atom. The Bertz CT molecular complexity index is 1150. The van der Waals surface area contributed by atoms with Crippen LogP contribution >= 0.6 is 11.3 Å². The second kappa shape index (κ2) is 6.63. The molecule has 0 radical (unpaired) electrons. The molecule has 29 heavy (non-hydrogen) atoms. The molecule has 0 unspecified atom stereocenters. The number of benzene rings is 2. The Morgan fingerprint density at radius 2 is 1.90 bits per heavy atom. The smallest absolute Gasteiger partial charge is 0.346 e. The maximum atomic E-state index is 12.6. The van der Waals surface area contributed by atoms with Gasteiger partial charge >= 0.3 is 5.97 Å². The van der Waals surface area contributed by atoms with Crippen LogP contribution in [0, 0.1) is 6.92 Å². The van der Waals surface area contributed by atoms with Crippen LogP contribution in [0.15, 0.2) is 42.5 Å². The molecule has 0 saturated carbocycles. The molecule has 0 bridgehead atoms. The number of nitrogens with one attached hydrogen (secondary N) is 1. The molecule has 1 aromatic heterocycles. The molecule has 5 rings (SSSR count). The van der Waals surface area contributed by atoms with Crippen LogP contribution in [0.4, 0.5) is 5.69 Å². The van der Waals surface area contributed by atoms with Gasteiger partial charge in [-0.3, -0.25) is 4.79 Å². The average molecular weight is 407 g/mol. The molecule has 2 aromatic carbocycles. The topological polar surface area (TPSA) is 84.9 Å². The highest BCUT2D eigenvalue weighted by Gasteiger charge is 2.35. The van der Waals surface area contributed by atoms with Gasteiger partial charge in [-0.1, -0.05) is 35.9 Å². The molecular formula is C22H17NO5S. The molecule has 1 amide bonds. The number of carboxylic acids is 1. The number of carboxylic acid groups (broad SMARTS) is 1. The fourth-order valence-corrected chi connectivity index (χ4v) is 5.08. The van der Waals surface area contributed by atoms with Crippen molar-refractivity contribution in [1.29, 1.82) is 0 Å². The van der Waals surface area contributed by atoms with E-state index in [4.69, 9.17) is 9.47 Å². The van der Waals surface area contributed by atoms with E-state index in [-0.39, 0.29) is 29.9 Å². The second-order valence-electron chi connectivity index (χ2n) is 7.13.